The molecule has 0 unspecified atom stereocenters. The van der Waals surface area contributed by atoms with Crippen LogP contribution < -0.4 is 0 Å². The molecule has 1 fully saturated rings. The van der Waals surface area contributed by atoms with Crippen molar-refractivity contribution >= 4 is 11.7 Å². The van der Waals surface area contributed by atoms with Crippen molar-refractivity contribution in [2.45, 2.75) is 58.0 Å². The minimum Gasteiger partial charge on any atom is -0.496 e. The zero-order valence-electron chi connectivity index (χ0n) is 17.6. The molecule has 0 amide bonds. The predicted molar refractivity (Wildman–Crippen MR) is 106 cm³/mol. The summed E-state index contributed by atoms with van der Waals surface area (Å²) in [6, 6.07) is 6.53. The zero-order valence-corrected chi connectivity index (χ0v) is 17.6. The fourth-order valence-corrected chi connectivity index (χ4v) is 5.13. The van der Waals surface area contributed by atoms with Gasteiger partial charge in [-0.2, -0.15) is 0 Å². The van der Waals surface area contributed by atoms with Crippen LogP contribution in [-0.4, -0.2) is 27.3 Å². The van der Waals surface area contributed by atoms with E-state index >= 15 is 0 Å². The summed E-state index contributed by atoms with van der Waals surface area (Å²) in [6.45, 7) is 8.44. The molecule has 0 bridgehead atoms. The molecule has 0 N–H and O–H groups in total. The lowest BCUT2D eigenvalue weighted by molar-refractivity contribution is -0.158. The van der Waals surface area contributed by atoms with Crippen molar-refractivity contribution < 1.29 is 19.0 Å². The molecule has 3 atom stereocenters. The SMILES string of the molecule is COC(=O)[C@]1(C)CCC[C@]2(C)c3ccc(C(C)(C)OC)cc3C(OC)=C[C@@H]12. The number of methoxy groups -OCH3 is 3. The summed E-state index contributed by atoms with van der Waals surface area (Å²) in [7, 11) is 4.91. The van der Waals surface area contributed by atoms with Crippen molar-refractivity contribution in [3.63, 3.8) is 0 Å². The second-order valence-corrected chi connectivity index (χ2v) is 8.87. The average Bonchev–Trinajstić information content (AvgIpc) is 2.66. The summed E-state index contributed by atoms with van der Waals surface area (Å²) in [6.07, 6.45) is 5.02. The maximum atomic E-state index is 12.7. The van der Waals surface area contributed by atoms with Gasteiger partial charge in [-0.25, -0.2) is 0 Å². The van der Waals surface area contributed by atoms with Gasteiger partial charge in [-0.15, -0.1) is 0 Å². The molecule has 1 aromatic rings. The number of rotatable bonds is 4. The highest BCUT2D eigenvalue weighted by molar-refractivity contribution is 5.80. The third-order valence-electron chi connectivity index (χ3n) is 7.06. The molecule has 0 spiro atoms. The Morgan fingerprint density at radius 1 is 1.15 bits per heavy atom. The fourth-order valence-electron chi connectivity index (χ4n) is 5.13. The van der Waals surface area contributed by atoms with Gasteiger partial charge < -0.3 is 14.2 Å². The molecule has 1 aromatic carbocycles. The summed E-state index contributed by atoms with van der Waals surface area (Å²) in [5.41, 5.74) is 2.41. The van der Waals surface area contributed by atoms with Gasteiger partial charge in [0.15, 0.2) is 0 Å². The topological polar surface area (TPSA) is 44.8 Å². The first-order chi connectivity index (χ1) is 12.6. The van der Waals surface area contributed by atoms with E-state index in [2.05, 4.69) is 45.0 Å². The van der Waals surface area contributed by atoms with Crippen LogP contribution >= 0.6 is 0 Å². The average molecular weight is 373 g/mol. The van der Waals surface area contributed by atoms with Gasteiger partial charge in [0, 0.05) is 24.0 Å². The lowest BCUT2D eigenvalue weighted by atomic mass is 9.51. The molecule has 0 heterocycles. The first-order valence-corrected chi connectivity index (χ1v) is 9.69. The molecule has 2 aliphatic rings. The Labute approximate surface area is 162 Å². The molecular formula is C23H32O4. The van der Waals surface area contributed by atoms with Gasteiger partial charge in [-0.3, -0.25) is 4.79 Å². The standard InChI is InChI=1S/C23H32O4/c1-21(2,27-7)15-9-10-17-16(13-15)18(25-5)14-19-22(17,3)11-8-12-23(19,4)20(24)26-6/h9-10,13-14,19H,8,11-12H2,1-7H3/t19-,22-,23-/m1/s1. The summed E-state index contributed by atoms with van der Waals surface area (Å²) >= 11 is 0. The van der Waals surface area contributed by atoms with Crippen LogP contribution in [0.4, 0.5) is 0 Å². The monoisotopic (exact) mass is 372 g/mol. The van der Waals surface area contributed by atoms with Crippen molar-refractivity contribution in [2.75, 3.05) is 21.3 Å². The lowest BCUT2D eigenvalue weighted by Crippen LogP contribution is -2.51. The molecule has 4 nitrogen and oxygen atoms in total. The fraction of sp³-hybridized carbons (Fsp3) is 0.609. The lowest BCUT2D eigenvalue weighted by Gasteiger charge is -2.52. The third kappa shape index (κ3) is 2.89. The van der Waals surface area contributed by atoms with Crippen LogP contribution in [0.25, 0.3) is 5.76 Å². The van der Waals surface area contributed by atoms with E-state index in [1.165, 1.54) is 12.7 Å². The molecular weight excluding hydrogens is 340 g/mol. The second-order valence-electron chi connectivity index (χ2n) is 8.87. The molecule has 4 heteroatoms. The summed E-state index contributed by atoms with van der Waals surface area (Å²) in [4.78, 5) is 12.7. The number of ether oxygens (including phenoxy) is 3. The van der Waals surface area contributed by atoms with Gasteiger partial charge in [0.05, 0.1) is 25.2 Å². The second kappa shape index (κ2) is 6.66. The number of carbonyl (C=O) groups is 1. The van der Waals surface area contributed by atoms with E-state index in [9.17, 15) is 4.79 Å². The molecule has 0 aromatic heterocycles. The van der Waals surface area contributed by atoms with Crippen LogP contribution in [0.2, 0.25) is 0 Å². The van der Waals surface area contributed by atoms with Crippen LogP contribution in [0, 0.1) is 11.3 Å². The molecule has 0 aliphatic heterocycles. The van der Waals surface area contributed by atoms with Gasteiger partial charge in [0.25, 0.3) is 0 Å². The Morgan fingerprint density at radius 3 is 2.44 bits per heavy atom. The highest BCUT2D eigenvalue weighted by Crippen LogP contribution is 2.58. The van der Waals surface area contributed by atoms with E-state index in [0.717, 1.165) is 36.1 Å². The summed E-state index contributed by atoms with van der Waals surface area (Å²) in [5.74, 6) is 0.735. The molecule has 148 valence electrons. The van der Waals surface area contributed by atoms with Crippen molar-refractivity contribution in [3.8, 4) is 0 Å². The van der Waals surface area contributed by atoms with E-state index in [1.807, 2.05) is 6.92 Å². The smallest absolute Gasteiger partial charge is 0.312 e. The Kier molecular flexibility index (Phi) is 4.92. The molecule has 0 radical (unpaired) electrons. The number of fused-ring (bicyclic) bond motifs is 3. The molecule has 27 heavy (non-hydrogen) atoms. The van der Waals surface area contributed by atoms with Crippen molar-refractivity contribution in [1.82, 2.24) is 0 Å². The van der Waals surface area contributed by atoms with Crippen molar-refractivity contribution in [1.29, 1.82) is 0 Å². The molecule has 2 aliphatic carbocycles. The van der Waals surface area contributed by atoms with Crippen LogP contribution in [-0.2, 0) is 30.0 Å². The number of allylic oxidation sites excluding steroid dienone is 1. The van der Waals surface area contributed by atoms with Crippen LogP contribution in [0.1, 0.15) is 63.6 Å². The minimum absolute atomic E-state index is 0.0370. The maximum Gasteiger partial charge on any atom is 0.312 e. The van der Waals surface area contributed by atoms with E-state index in [0.29, 0.717) is 0 Å². The zero-order chi connectivity index (χ0) is 20.0. The molecule has 3 rings (SSSR count). The van der Waals surface area contributed by atoms with Crippen LogP contribution in [0.15, 0.2) is 24.3 Å². The van der Waals surface area contributed by atoms with Gasteiger partial charge in [0.2, 0.25) is 0 Å². The van der Waals surface area contributed by atoms with Gasteiger partial charge in [0.1, 0.15) is 5.76 Å². The Morgan fingerprint density at radius 2 is 1.85 bits per heavy atom. The highest BCUT2D eigenvalue weighted by atomic mass is 16.5. The van der Waals surface area contributed by atoms with E-state index in [1.54, 1.807) is 14.2 Å². The van der Waals surface area contributed by atoms with Crippen LogP contribution in [0.5, 0.6) is 0 Å². The maximum absolute atomic E-state index is 12.7. The number of hydrogen-bond acceptors (Lipinski definition) is 4. The van der Waals surface area contributed by atoms with Crippen molar-refractivity contribution in [2.24, 2.45) is 11.3 Å². The first kappa shape index (κ1) is 19.9. The predicted octanol–water partition coefficient (Wildman–Crippen LogP) is 4.81. The third-order valence-corrected chi connectivity index (χ3v) is 7.06. The summed E-state index contributed by atoms with van der Waals surface area (Å²) in [5, 5.41) is 0. The minimum atomic E-state index is -0.548. The normalized spacial score (nSPS) is 30.0. The Balaban J connectivity index is 2.20. The highest BCUT2D eigenvalue weighted by Gasteiger charge is 2.55. The number of carbonyl (C=O) groups excluding carboxylic acids is 1. The number of benzene rings is 1. The van der Waals surface area contributed by atoms with Gasteiger partial charge >= 0.3 is 5.97 Å². The summed E-state index contributed by atoms with van der Waals surface area (Å²) < 4.78 is 16.7. The molecule has 0 saturated heterocycles. The Hall–Kier alpha value is -1.81. The first-order valence-electron chi connectivity index (χ1n) is 9.69. The Bertz CT molecular complexity index is 779. The van der Waals surface area contributed by atoms with Crippen LogP contribution in [0.3, 0.4) is 0 Å². The van der Waals surface area contributed by atoms with E-state index in [-0.39, 0.29) is 22.9 Å². The largest absolute Gasteiger partial charge is 0.496 e. The van der Waals surface area contributed by atoms with Gasteiger partial charge in [-0.1, -0.05) is 25.5 Å². The number of hydrogen-bond donors (Lipinski definition) is 0. The number of esters is 1. The quantitative estimate of drug-likeness (QED) is 0.712. The van der Waals surface area contributed by atoms with Crippen molar-refractivity contribution in [3.05, 3.63) is 41.0 Å². The van der Waals surface area contributed by atoms with E-state index in [4.69, 9.17) is 14.2 Å². The van der Waals surface area contributed by atoms with Gasteiger partial charge in [-0.05, 0) is 56.9 Å². The van der Waals surface area contributed by atoms with E-state index < -0.39 is 5.41 Å². The molecule has 1 saturated carbocycles.